The molecule has 3 amide bonds. The molecule has 1 heterocycles. The van der Waals surface area contributed by atoms with Gasteiger partial charge in [-0.15, -0.1) is 0 Å². The summed E-state index contributed by atoms with van der Waals surface area (Å²) in [5, 5.41) is 6.51. The molecule has 1 aliphatic heterocycles. The SMILES string of the molecule is COc1cccc(-c2ccc(CNC(=O)[C@H]3C[C@@H]3c3ccccc3)c3c2CCN(C(=O)NC(C)(C)CC(C)(C)C)C3)c1. The van der Waals surface area contributed by atoms with Crippen LogP contribution in [-0.4, -0.2) is 36.0 Å². The van der Waals surface area contributed by atoms with Gasteiger partial charge in [-0.2, -0.15) is 0 Å². The Kier molecular flexibility index (Phi) is 8.36. The Hall–Kier alpha value is -3.80. The van der Waals surface area contributed by atoms with E-state index in [1.807, 2.05) is 35.2 Å². The van der Waals surface area contributed by atoms with Crippen LogP contribution < -0.4 is 15.4 Å². The molecule has 0 spiro atoms. The number of amides is 3. The first-order chi connectivity index (χ1) is 19.9. The highest BCUT2D eigenvalue weighted by atomic mass is 16.5. The van der Waals surface area contributed by atoms with Crippen LogP contribution in [0.25, 0.3) is 11.1 Å². The van der Waals surface area contributed by atoms with Crippen LogP contribution in [0.5, 0.6) is 5.75 Å². The second kappa shape index (κ2) is 11.8. The number of benzene rings is 3. The number of hydrogen-bond donors (Lipinski definition) is 2. The molecule has 0 radical (unpaired) electrons. The molecule has 1 saturated carbocycles. The zero-order chi connectivity index (χ0) is 30.1. The normalized spacial score (nSPS) is 18.2. The van der Waals surface area contributed by atoms with E-state index in [4.69, 9.17) is 4.74 Å². The van der Waals surface area contributed by atoms with Crippen molar-refractivity contribution in [2.24, 2.45) is 11.3 Å². The van der Waals surface area contributed by atoms with E-state index < -0.39 is 0 Å². The molecule has 6 nitrogen and oxygen atoms in total. The summed E-state index contributed by atoms with van der Waals surface area (Å²) in [6.45, 7) is 12.4. The van der Waals surface area contributed by atoms with Crippen molar-refractivity contribution in [1.82, 2.24) is 15.5 Å². The minimum absolute atomic E-state index is 0.0200. The highest BCUT2D eigenvalue weighted by molar-refractivity contribution is 5.83. The van der Waals surface area contributed by atoms with Crippen molar-refractivity contribution < 1.29 is 14.3 Å². The number of methoxy groups -OCH3 is 1. The molecule has 2 aliphatic rings. The van der Waals surface area contributed by atoms with Gasteiger partial charge < -0.3 is 20.3 Å². The summed E-state index contributed by atoms with van der Waals surface area (Å²) < 4.78 is 5.50. The lowest BCUT2D eigenvalue weighted by Crippen LogP contribution is -2.52. The van der Waals surface area contributed by atoms with Crippen LogP contribution >= 0.6 is 0 Å². The molecule has 1 aliphatic carbocycles. The predicted molar refractivity (Wildman–Crippen MR) is 168 cm³/mol. The van der Waals surface area contributed by atoms with Crippen molar-refractivity contribution in [1.29, 1.82) is 0 Å². The van der Waals surface area contributed by atoms with Crippen molar-refractivity contribution in [2.75, 3.05) is 13.7 Å². The second-order valence-corrected chi connectivity index (χ2v) is 13.8. The zero-order valence-corrected chi connectivity index (χ0v) is 25.9. The molecule has 0 bridgehead atoms. The Morgan fingerprint density at radius 1 is 0.952 bits per heavy atom. The number of nitrogens with zero attached hydrogens (tertiary/aromatic N) is 1. The first-order valence-electron chi connectivity index (χ1n) is 15.1. The van der Waals surface area contributed by atoms with Crippen LogP contribution in [0.1, 0.15) is 75.6 Å². The van der Waals surface area contributed by atoms with E-state index in [1.54, 1.807) is 7.11 Å². The summed E-state index contributed by atoms with van der Waals surface area (Å²) in [6, 6.07) is 22.6. The molecule has 3 aromatic carbocycles. The van der Waals surface area contributed by atoms with Crippen LogP contribution in [0.2, 0.25) is 0 Å². The fourth-order valence-corrected chi connectivity index (χ4v) is 6.75. The van der Waals surface area contributed by atoms with Gasteiger partial charge in [-0.25, -0.2) is 4.79 Å². The van der Waals surface area contributed by atoms with E-state index in [-0.39, 0.29) is 28.8 Å². The molecular weight excluding hydrogens is 522 g/mol. The van der Waals surface area contributed by atoms with Crippen LogP contribution in [0.15, 0.2) is 66.7 Å². The number of hydrogen-bond acceptors (Lipinski definition) is 3. The number of ether oxygens (including phenoxy) is 1. The van der Waals surface area contributed by atoms with Crippen LogP contribution in [0.3, 0.4) is 0 Å². The van der Waals surface area contributed by atoms with Gasteiger partial charge in [-0.1, -0.05) is 75.4 Å². The summed E-state index contributed by atoms with van der Waals surface area (Å²) in [5.41, 5.74) is 6.68. The molecule has 0 saturated heterocycles. The topological polar surface area (TPSA) is 70.7 Å². The van der Waals surface area contributed by atoms with E-state index in [2.05, 4.69) is 81.7 Å². The molecule has 0 unspecified atom stereocenters. The lowest BCUT2D eigenvalue weighted by atomic mass is 9.82. The van der Waals surface area contributed by atoms with Gasteiger partial charge in [0.1, 0.15) is 5.75 Å². The summed E-state index contributed by atoms with van der Waals surface area (Å²) in [7, 11) is 1.68. The Morgan fingerprint density at radius 2 is 1.71 bits per heavy atom. The number of carbonyl (C=O) groups excluding carboxylic acids is 2. The average Bonchev–Trinajstić information content (AvgIpc) is 3.75. The van der Waals surface area contributed by atoms with E-state index in [1.165, 1.54) is 11.1 Å². The van der Waals surface area contributed by atoms with E-state index >= 15 is 0 Å². The molecular formula is C36H45N3O3. The monoisotopic (exact) mass is 567 g/mol. The maximum atomic E-state index is 13.5. The molecule has 2 N–H and O–H groups in total. The van der Waals surface area contributed by atoms with Gasteiger partial charge in [0, 0.05) is 31.1 Å². The lowest BCUT2D eigenvalue weighted by molar-refractivity contribution is -0.122. The minimum atomic E-state index is -0.325. The molecule has 42 heavy (non-hydrogen) atoms. The Bertz CT molecular complexity index is 1440. The number of nitrogens with one attached hydrogen (secondary N) is 2. The van der Waals surface area contributed by atoms with Gasteiger partial charge in [0.25, 0.3) is 0 Å². The van der Waals surface area contributed by atoms with Crippen molar-refractivity contribution in [3.63, 3.8) is 0 Å². The molecule has 2 atom stereocenters. The predicted octanol–water partition coefficient (Wildman–Crippen LogP) is 7.06. The third-order valence-corrected chi connectivity index (χ3v) is 8.40. The molecule has 6 heteroatoms. The largest absolute Gasteiger partial charge is 0.497 e. The summed E-state index contributed by atoms with van der Waals surface area (Å²) in [4.78, 5) is 28.6. The maximum absolute atomic E-state index is 13.5. The Balaban J connectivity index is 1.37. The minimum Gasteiger partial charge on any atom is -0.497 e. The van der Waals surface area contributed by atoms with Crippen LogP contribution in [0.4, 0.5) is 4.79 Å². The third-order valence-electron chi connectivity index (χ3n) is 8.40. The zero-order valence-electron chi connectivity index (χ0n) is 25.9. The van der Waals surface area contributed by atoms with Gasteiger partial charge in [-0.3, -0.25) is 4.79 Å². The quantitative estimate of drug-likeness (QED) is 0.306. The highest BCUT2D eigenvalue weighted by Gasteiger charge is 2.43. The van der Waals surface area contributed by atoms with Crippen molar-refractivity contribution >= 4 is 11.9 Å². The fraction of sp³-hybridized carbons (Fsp3) is 0.444. The number of rotatable bonds is 8. The smallest absolute Gasteiger partial charge is 0.318 e. The van der Waals surface area contributed by atoms with Crippen molar-refractivity contribution in [3.05, 3.63) is 89.0 Å². The van der Waals surface area contributed by atoms with Crippen molar-refractivity contribution in [2.45, 2.75) is 78.4 Å². The molecule has 3 aromatic rings. The average molecular weight is 568 g/mol. The van der Waals surface area contributed by atoms with E-state index in [0.29, 0.717) is 25.6 Å². The Labute approximate surface area is 250 Å². The van der Waals surface area contributed by atoms with Crippen LogP contribution in [-0.2, 0) is 24.3 Å². The van der Waals surface area contributed by atoms with Gasteiger partial charge in [0.2, 0.25) is 5.91 Å². The molecule has 222 valence electrons. The van der Waals surface area contributed by atoms with Gasteiger partial charge in [-0.05, 0) is 90.0 Å². The fourth-order valence-electron chi connectivity index (χ4n) is 6.75. The molecule has 0 aromatic heterocycles. The van der Waals surface area contributed by atoms with Crippen LogP contribution in [0, 0.1) is 11.3 Å². The third kappa shape index (κ3) is 6.97. The van der Waals surface area contributed by atoms with Crippen molar-refractivity contribution in [3.8, 4) is 16.9 Å². The van der Waals surface area contributed by atoms with E-state index in [9.17, 15) is 9.59 Å². The van der Waals surface area contributed by atoms with Gasteiger partial charge in [0.15, 0.2) is 0 Å². The van der Waals surface area contributed by atoms with E-state index in [0.717, 1.165) is 47.3 Å². The second-order valence-electron chi connectivity index (χ2n) is 13.8. The first kappa shape index (κ1) is 29.7. The number of carbonyl (C=O) groups is 2. The maximum Gasteiger partial charge on any atom is 0.318 e. The van der Waals surface area contributed by atoms with Gasteiger partial charge >= 0.3 is 6.03 Å². The highest BCUT2D eigenvalue weighted by Crippen LogP contribution is 2.47. The number of fused-ring (bicyclic) bond motifs is 1. The standard InChI is InChI=1S/C36H45N3O3/c1-35(2,3)23-36(4,5)38-34(41)39-18-17-29-28(25-13-10-14-27(19-25)42-6)16-15-26(32(29)22-39)21-37-33(40)31-20-30(31)24-11-8-7-9-12-24/h7-16,19,30-31H,17-18,20-23H2,1-6H3,(H,37,40)(H,38,41)/t30-,31+/m1/s1. The molecule has 5 rings (SSSR count). The molecule has 1 fully saturated rings. The Morgan fingerprint density at radius 3 is 2.43 bits per heavy atom. The van der Waals surface area contributed by atoms with Gasteiger partial charge in [0.05, 0.1) is 7.11 Å². The summed E-state index contributed by atoms with van der Waals surface area (Å²) >= 11 is 0. The number of urea groups is 1. The summed E-state index contributed by atoms with van der Waals surface area (Å²) in [5.74, 6) is 1.23. The summed E-state index contributed by atoms with van der Waals surface area (Å²) in [6.07, 6.45) is 2.51. The first-order valence-corrected chi connectivity index (χ1v) is 15.1. The lowest BCUT2D eigenvalue weighted by Gasteiger charge is -2.37.